The summed E-state index contributed by atoms with van der Waals surface area (Å²) in [5.41, 5.74) is 0.850. The number of hydrogen-bond donors (Lipinski definition) is 1. The maximum atomic E-state index is 4.74. The van der Waals surface area contributed by atoms with Gasteiger partial charge in [0.25, 0.3) is 0 Å². The minimum absolute atomic E-state index is 0.0352. The van der Waals surface area contributed by atoms with E-state index in [-0.39, 0.29) is 4.87 Å². The Labute approximate surface area is 119 Å². The third-order valence-corrected chi connectivity index (χ3v) is 5.11. The first-order valence-electron chi connectivity index (χ1n) is 7.35. The average molecular weight is 270 g/mol. The zero-order valence-electron chi connectivity index (χ0n) is 12.8. The number of hydrogen-bond acceptors (Lipinski definition) is 3. The van der Waals surface area contributed by atoms with Crippen molar-refractivity contribution in [1.82, 2.24) is 9.80 Å². The fraction of sp³-hybridized carbons (Fsp3) is 1.00. The molecule has 0 aliphatic carbocycles. The lowest BCUT2D eigenvalue weighted by Gasteiger charge is -2.47. The molecule has 2 aliphatic heterocycles. The summed E-state index contributed by atoms with van der Waals surface area (Å²) in [6.45, 7) is 16.5. The molecular formula is C15H30N2S. The maximum Gasteiger partial charge on any atom is 0.0583 e. The van der Waals surface area contributed by atoms with Crippen molar-refractivity contribution in [2.24, 2.45) is 5.41 Å². The van der Waals surface area contributed by atoms with Crippen molar-refractivity contribution in [1.29, 1.82) is 0 Å². The van der Waals surface area contributed by atoms with Crippen molar-refractivity contribution in [3.8, 4) is 0 Å². The molecule has 2 rings (SSSR count). The normalized spacial score (nSPS) is 32.3. The summed E-state index contributed by atoms with van der Waals surface area (Å²) in [5, 5.41) is 0. The van der Waals surface area contributed by atoms with Gasteiger partial charge in [0.15, 0.2) is 0 Å². The molecule has 0 N–H and O–H groups in total. The van der Waals surface area contributed by atoms with Crippen LogP contribution in [0.3, 0.4) is 0 Å². The highest BCUT2D eigenvalue weighted by atomic mass is 32.1. The summed E-state index contributed by atoms with van der Waals surface area (Å²) in [5.74, 6) is 0. The van der Waals surface area contributed by atoms with Gasteiger partial charge in [-0.1, -0.05) is 0 Å². The van der Waals surface area contributed by atoms with Crippen LogP contribution in [0.5, 0.6) is 0 Å². The monoisotopic (exact) mass is 270 g/mol. The van der Waals surface area contributed by atoms with Crippen molar-refractivity contribution >= 4 is 12.6 Å². The lowest BCUT2D eigenvalue weighted by Crippen LogP contribution is -2.52. The Kier molecular flexibility index (Phi) is 3.81. The zero-order valence-corrected chi connectivity index (χ0v) is 13.7. The Morgan fingerprint density at radius 2 is 1.50 bits per heavy atom. The van der Waals surface area contributed by atoms with Gasteiger partial charge in [0.2, 0.25) is 0 Å². The van der Waals surface area contributed by atoms with E-state index in [0.717, 1.165) is 0 Å². The summed E-state index contributed by atoms with van der Waals surface area (Å²) < 4.78 is 0. The third kappa shape index (κ3) is 3.05. The Morgan fingerprint density at radius 1 is 0.889 bits per heavy atom. The molecule has 0 aromatic heterocycles. The van der Waals surface area contributed by atoms with E-state index in [2.05, 4.69) is 44.4 Å². The number of piperidine rings is 1. The van der Waals surface area contributed by atoms with Gasteiger partial charge in [-0.25, -0.2) is 0 Å². The summed E-state index contributed by atoms with van der Waals surface area (Å²) in [7, 11) is 0. The highest BCUT2D eigenvalue weighted by Crippen LogP contribution is 2.43. The van der Waals surface area contributed by atoms with Crippen molar-refractivity contribution in [3.63, 3.8) is 0 Å². The molecular weight excluding hydrogens is 240 g/mol. The van der Waals surface area contributed by atoms with Crippen LogP contribution in [0.25, 0.3) is 0 Å². The van der Waals surface area contributed by atoms with Gasteiger partial charge in [-0.2, -0.15) is 12.6 Å². The molecule has 0 bridgehead atoms. The molecule has 2 aliphatic rings. The summed E-state index contributed by atoms with van der Waals surface area (Å²) in [6.07, 6.45) is 4.11. The van der Waals surface area contributed by atoms with E-state index < -0.39 is 0 Å². The van der Waals surface area contributed by atoms with E-state index >= 15 is 0 Å². The zero-order chi connectivity index (χ0) is 13.6. The fourth-order valence-corrected chi connectivity index (χ4v) is 3.69. The first-order chi connectivity index (χ1) is 8.12. The predicted octanol–water partition coefficient (Wildman–Crippen LogP) is 3.24. The van der Waals surface area contributed by atoms with E-state index in [1.807, 2.05) is 0 Å². The molecule has 0 saturated carbocycles. The van der Waals surface area contributed by atoms with Crippen molar-refractivity contribution in [3.05, 3.63) is 0 Å². The Balaban J connectivity index is 2.05. The summed E-state index contributed by atoms with van der Waals surface area (Å²) in [4.78, 5) is 5.28. The lowest BCUT2D eigenvalue weighted by atomic mass is 9.78. The molecule has 0 radical (unpaired) electrons. The van der Waals surface area contributed by atoms with Crippen LogP contribution in [-0.4, -0.2) is 46.4 Å². The second-order valence-corrected chi connectivity index (χ2v) is 8.96. The molecule has 0 amide bonds. The molecule has 2 heterocycles. The van der Waals surface area contributed by atoms with Crippen LogP contribution in [0.2, 0.25) is 0 Å². The SMILES string of the molecule is CC(C)(C)N1CCCC2(CCN(C(C)(C)S)C2)C1. The van der Waals surface area contributed by atoms with E-state index in [1.165, 1.54) is 45.4 Å². The van der Waals surface area contributed by atoms with Crippen LogP contribution in [0.4, 0.5) is 0 Å². The van der Waals surface area contributed by atoms with Gasteiger partial charge in [-0.3, -0.25) is 9.80 Å². The fourth-order valence-electron chi connectivity index (χ4n) is 3.52. The molecule has 0 aromatic carbocycles. The van der Waals surface area contributed by atoms with E-state index in [9.17, 15) is 0 Å². The van der Waals surface area contributed by atoms with E-state index in [1.54, 1.807) is 0 Å². The second kappa shape index (κ2) is 4.68. The molecule has 2 fully saturated rings. The molecule has 18 heavy (non-hydrogen) atoms. The second-order valence-electron chi connectivity index (χ2n) is 7.86. The van der Waals surface area contributed by atoms with Gasteiger partial charge in [-0.15, -0.1) is 0 Å². The largest absolute Gasteiger partial charge is 0.298 e. The standard InChI is InChI=1S/C15H30N2S/c1-13(2,3)16-9-6-7-15(11-16)8-10-17(12-15)14(4,5)18/h18H,6-12H2,1-5H3. The van der Waals surface area contributed by atoms with Gasteiger partial charge >= 0.3 is 0 Å². The van der Waals surface area contributed by atoms with Gasteiger partial charge < -0.3 is 0 Å². The summed E-state index contributed by atoms with van der Waals surface area (Å²) in [6, 6.07) is 0. The van der Waals surface area contributed by atoms with E-state index in [0.29, 0.717) is 11.0 Å². The summed E-state index contributed by atoms with van der Waals surface area (Å²) >= 11 is 4.74. The maximum absolute atomic E-state index is 4.74. The van der Waals surface area contributed by atoms with Crippen LogP contribution in [-0.2, 0) is 0 Å². The topological polar surface area (TPSA) is 6.48 Å². The number of nitrogens with zero attached hydrogens (tertiary/aromatic N) is 2. The molecule has 1 atom stereocenters. The van der Waals surface area contributed by atoms with Crippen LogP contribution in [0.15, 0.2) is 0 Å². The highest BCUT2D eigenvalue weighted by molar-refractivity contribution is 7.81. The Hall–Kier alpha value is 0.270. The smallest absolute Gasteiger partial charge is 0.0583 e. The van der Waals surface area contributed by atoms with Crippen LogP contribution in [0.1, 0.15) is 53.9 Å². The first kappa shape index (κ1) is 14.7. The minimum Gasteiger partial charge on any atom is -0.298 e. The van der Waals surface area contributed by atoms with Crippen molar-refractivity contribution in [2.75, 3.05) is 26.2 Å². The third-order valence-electron chi connectivity index (χ3n) is 4.82. The number of likely N-dealkylation sites (tertiary alicyclic amines) is 2. The van der Waals surface area contributed by atoms with Crippen molar-refractivity contribution < 1.29 is 0 Å². The molecule has 1 unspecified atom stereocenters. The highest BCUT2D eigenvalue weighted by Gasteiger charge is 2.45. The molecule has 1 spiro atoms. The van der Waals surface area contributed by atoms with Crippen LogP contribution >= 0.6 is 12.6 Å². The lowest BCUT2D eigenvalue weighted by molar-refractivity contribution is 0.0270. The minimum atomic E-state index is 0.0352. The van der Waals surface area contributed by atoms with Crippen LogP contribution < -0.4 is 0 Å². The van der Waals surface area contributed by atoms with Gasteiger partial charge in [-0.05, 0) is 65.8 Å². The van der Waals surface area contributed by atoms with Gasteiger partial charge in [0, 0.05) is 25.2 Å². The molecule has 0 aromatic rings. The van der Waals surface area contributed by atoms with Crippen LogP contribution in [0, 0.1) is 5.41 Å². The molecule has 3 heteroatoms. The average Bonchev–Trinajstić information content (AvgIpc) is 2.60. The predicted molar refractivity (Wildman–Crippen MR) is 82.2 cm³/mol. The van der Waals surface area contributed by atoms with E-state index in [4.69, 9.17) is 12.6 Å². The number of thiol groups is 1. The van der Waals surface area contributed by atoms with Gasteiger partial charge in [0.05, 0.1) is 4.87 Å². The molecule has 2 saturated heterocycles. The Morgan fingerprint density at radius 3 is 2.00 bits per heavy atom. The number of rotatable bonds is 1. The van der Waals surface area contributed by atoms with Gasteiger partial charge in [0.1, 0.15) is 0 Å². The van der Waals surface area contributed by atoms with Crippen molar-refractivity contribution in [2.45, 2.75) is 64.3 Å². The Bertz CT molecular complexity index is 303. The molecule has 2 nitrogen and oxygen atoms in total. The molecule has 106 valence electrons. The first-order valence-corrected chi connectivity index (χ1v) is 7.80. The quantitative estimate of drug-likeness (QED) is 0.731.